The molecule has 0 radical (unpaired) electrons. The molecule has 1 aromatic heterocycles. The minimum Gasteiger partial charge on any atom is -0.357 e. The van der Waals surface area contributed by atoms with Gasteiger partial charge in [-0.05, 0) is 6.07 Å². The number of nitrogens with one attached hydrogen (secondary N) is 3. The molecular weight excluding hydrogens is 174 g/mol. The highest BCUT2D eigenvalue weighted by Crippen LogP contribution is 2.05. The van der Waals surface area contributed by atoms with Crippen LogP contribution in [0, 0.1) is 0 Å². The third-order valence-electron chi connectivity index (χ3n) is 1.48. The highest BCUT2D eigenvalue weighted by molar-refractivity contribution is 6.05. The molecule has 1 aromatic rings. The second-order valence-corrected chi connectivity index (χ2v) is 2.21. The van der Waals surface area contributed by atoms with Crippen molar-refractivity contribution in [1.29, 1.82) is 0 Å². The van der Waals surface area contributed by atoms with Crippen LogP contribution in [0.3, 0.4) is 0 Å². The van der Waals surface area contributed by atoms with Crippen molar-refractivity contribution in [2.45, 2.75) is 0 Å². The van der Waals surface area contributed by atoms with Gasteiger partial charge in [0.05, 0.1) is 5.56 Å². The molecule has 0 unspecified atom stereocenters. The van der Waals surface area contributed by atoms with Crippen molar-refractivity contribution >= 4 is 11.8 Å². The third kappa shape index (κ3) is 1.66. The van der Waals surface area contributed by atoms with Gasteiger partial charge < -0.3 is 4.98 Å². The van der Waals surface area contributed by atoms with E-state index in [1.165, 1.54) is 12.3 Å². The second-order valence-electron chi connectivity index (χ2n) is 2.21. The molecule has 2 amide bonds. The van der Waals surface area contributed by atoms with E-state index in [9.17, 15) is 9.59 Å². The van der Waals surface area contributed by atoms with E-state index >= 15 is 0 Å². The van der Waals surface area contributed by atoms with Gasteiger partial charge in [-0.15, -0.1) is 0 Å². The number of amides is 2. The quantitative estimate of drug-likeness (QED) is 0.211. The van der Waals surface area contributed by atoms with Crippen molar-refractivity contribution in [3.63, 3.8) is 0 Å². The average molecular weight is 183 g/mol. The molecule has 0 spiro atoms. The Bertz CT molecular complexity index is 301. The number of carbonyl (C=O) groups is 2. The minimum absolute atomic E-state index is 0.0745. The average Bonchev–Trinajstić information content (AvgIpc) is 2.63. The molecule has 7 N–H and O–H groups in total. The van der Waals surface area contributed by atoms with Gasteiger partial charge in [-0.3, -0.25) is 20.4 Å². The summed E-state index contributed by atoms with van der Waals surface area (Å²) in [6.45, 7) is 0. The van der Waals surface area contributed by atoms with Crippen LogP contribution < -0.4 is 22.5 Å². The number of nitrogen functional groups attached to an aromatic ring is 2. The predicted molar refractivity (Wildman–Crippen MR) is 44.1 cm³/mol. The normalized spacial score (nSPS) is 9.38. The summed E-state index contributed by atoms with van der Waals surface area (Å²) in [4.78, 5) is 24.6. The van der Waals surface area contributed by atoms with Crippen LogP contribution in [0.2, 0.25) is 0 Å². The Kier molecular flexibility index (Phi) is 2.62. The van der Waals surface area contributed by atoms with Crippen molar-refractivity contribution in [3.8, 4) is 0 Å². The fraction of sp³-hybridized carbons (Fsp3) is 0. The Morgan fingerprint density at radius 3 is 2.38 bits per heavy atom. The van der Waals surface area contributed by atoms with E-state index in [0.29, 0.717) is 0 Å². The molecule has 0 saturated heterocycles. The number of carbonyl (C=O) groups excluding carboxylic acids is 2. The van der Waals surface area contributed by atoms with E-state index < -0.39 is 11.8 Å². The minimum atomic E-state index is -0.580. The standard InChI is InChI=1S/C6H9N5O2/c7-10-5(12)3-1-2-9-4(3)6(13)11-8/h1-2,9H,7-8H2,(H,10,12)(H,11,13). The molecule has 0 aliphatic rings. The lowest BCUT2D eigenvalue weighted by atomic mass is 10.2. The summed E-state index contributed by atoms with van der Waals surface area (Å²) in [5, 5.41) is 0. The molecule has 1 heterocycles. The molecule has 0 fully saturated rings. The lowest BCUT2D eigenvalue weighted by Crippen LogP contribution is -2.35. The lowest BCUT2D eigenvalue weighted by molar-refractivity contribution is 0.0917. The first-order chi connectivity index (χ1) is 6.20. The molecule has 1 rings (SSSR count). The summed E-state index contributed by atoms with van der Waals surface area (Å²) in [7, 11) is 0. The molecule has 0 aromatic carbocycles. The van der Waals surface area contributed by atoms with Crippen molar-refractivity contribution in [1.82, 2.24) is 15.8 Å². The Morgan fingerprint density at radius 2 is 1.85 bits per heavy atom. The Morgan fingerprint density at radius 1 is 1.23 bits per heavy atom. The third-order valence-corrected chi connectivity index (χ3v) is 1.48. The van der Waals surface area contributed by atoms with E-state index in [2.05, 4.69) is 4.98 Å². The van der Waals surface area contributed by atoms with Crippen LogP contribution in [0.4, 0.5) is 0 Å². The predicted octanol–water partition coefficient (Wildman–Crippen LogP) is -1.78. The zero-order valence-electron chi connectivity index (χ0n) is 6.63. The maximum Gasteiger partial charge on any atom is 0.282 e. The Labute approximate surface area is 73.4 Å². The first-order valence-electron chi connectivity index (χ1n) is 3.40. The molecule has 0 saturated carbocycles. The molecule has 0 bridgehead atoms. The number of hydrogen-bond acceptors (Lipinski definition) is 4. The monoisotopic (exact) mass is 183 g/mol. The van der Waals surface area contributed by atoms with Gasteiger partial charge in [0.2, 0.25) is 0 Å². The van der Waals surface area contributed by atoms with Crippen LogP contribution in [0.25, 0.3) is 0 Å². The molecule has 7 nitrogen and oxygen atoms in total. The fourth-order valence-electron chi connectivity index (χ4n) is 0.896. The summed E-state index contributed by atoms with van der Waals surface area (Å²) in [6.07, 6.45) is 1.44. The van der Waals surface area contributed by atoms with Crippen LogP contribution in [0.15, 0.2) is 12.3 Å². The van der Waals surface area contributed by atoms with Gasteiger partial charge in [0.15, 0.2) is 0 Å². The van der Waals surface area contributed by atoms with Crippen LogP contribution >= 0.6 is 0 Å². The first-order valence-corrected chi connectivity index (χ1v) is 3.40. The Balaban J connectivity index is 3.02. The summed E-state index contributed by atoms with van der Waals surface area (Å²) in [5.41, 5.74) is 4.02. The number of hydrazine groups is 2. The zero-order valence-corrected chi connectivity index (χ0v) is 6.63. The van der Waals surface area contributed by atoms with E-state index in [1.54, 1.807) is 0 Å². The number of nitrogens with two attached hydrogens (primary N) is 2. The second kappa shape index (κ2) is 3.70. The van der Waals surface area contributed by atoms with Gasteiger partial charge in [-0.1, -0.05) is 0 Å². The highest BCUT2D eigenvalue weighted by Gasteiger charge is 2.16. The van der Waals surface area contributed by atoms with Crippen LogP contribution in [-0.2, 0) is 0 Å². The zero-order chi connectivity index (χ0) is 9.84. The van der Waals surface area contributed by atoms with E-state index in [4.69, 9.17) is 11.7 Å². The van der Waals surface area contributed by atoms with E-state index in [-0.39, 0.29) is 11.3 Å². The van der Waals surface area contributed by atoms with Gasteiger partial charge >= 0.3 is 0 Å². The molecule has 0 atom stereocenters. The number of aromatic nitrogens is 1. The van der Waals surface area contributed by atoms with Crippen LogP contribution in [0.1, 0.15) is 20.8 Å². The van der Waals surface area contributed by atoms with Gasteiger partial charge in [0.25, 0.3) is 11.8 Å². The molecule has 70 valence electrons. The first kappa shape index (κ1) is 9.23. The molecular formula is C6H9N5O2. The Hall–Kier alpha value is -1.86. The van der Waals surface area contributed by atoms with Crippen LogP contribution in [-0.4, -0.2) is 16.8 Å². The fourth-order valence-corrected chi connectivity index (χ4v) is 0.896. The number of H-pyrrole nitrogens is 1. The van der Waals surface area contributed by atoms with Gasteiger partial charge in [0, 0.05) is 6.20 Å². The SMILES string of the molecule is NNC(=O)c1cc[nH]c1C(=O)NN. The molecule has 0 aliphatic carbocycles. The highest BCUT2D eigenvalue weighted by atomic mass is 16.2. The number of rotatable bonds is 2. The van der Waals surface area contributed by atoms with Gasteiger partial charge in [-0.2, -0.15) is 0 Å². The van der Waals surface area contributed by atoms with E-state index in [0.717, 1.165) is 0 Å². The summed E-state index contributed by atoms with van der Waals surface area (Å²) < 4.78 is 0. The van der Waals surface area contributed by atoms with E-state index in [1.807, 2.05) is 10.9 Å². The summed E-state index contributed by atoms with van der Waals surface area (Å²) in [6, 6.07) is 1.42. The van der Waals surface area contributed by atoms with Crippen molar-refractivity contribution in [2.75, 3.05) is 0 Å². The maximum atomic E-state index is 11.0. The van der Waals surface area contributed by atoms with Crippen molar-refractivity contribution < 1.29 is 9.59 Å². The number of aromatic amines is 1. The van der Waals surface area contributed by atoms with Gasteiger partial charge in [-0.25, -0.2) is 11.7 Å². The van der Waals surface area contributed by atoms with Gasteiger partial charge in [0.1, 0.15) is 5.69 Å². The maximum absolute atomic E-state index is 11.0. The summed E-state index contributed by atoms with van der Waals surface area (Å²) in [5.74, 6) is 8.65. The smallest absolute Gasteiger partial charge is 0.282 e. The van der Waals surface area contributed by atoms with Crippen molar-refractivity contribution in [3.05, 3.63) is 23.5 Å². The molecule has 7 heteroatoms. The van der Waals surface area contributed by atoms with Crippen molar-refractivity contribution in [2.24, 2.45) is 11.7 Å². The van der Waals surface area contributed by atoms with Crippen LogP contribution in [0.5, 0.6) is 0 Å². The topological polar surface area (TPSA) is 126 Å². The molecule has 13 heavy (non-hydrogen) atoms. The number of hydrogen-bond donors (Lipinski definition) is 5. The molecule has 0 aliphatic heterocycles. The lowest BCUT2D eigenvalue weighted by Gasteiger charge is -2.00. The largest absolute Gasteiger partial charge is 0.357 e. The summed E-state index contributed by atoms with van der Waals surface area (Å²) >= 11 is 0.